The number of aliphatic hydroxyl groups is 2. The van der Waals surface area contributed by atoms with Gasteiger partial charge in [0, 0.05) is 27.7 Å². The van der Waals surface area contributed by atoms with Gasteiger partial charge in [-0.05, 0) is 56.3 Å². The predicted octanol–water partition coefficient (Wildman–Crippen LogP) is 2.82. The average Bonchev–Trinajstić information content (AvgIpc) is 3.47. The van der Waals surface area contributed by atoms with E-state index in [-0.39, 0.29) is 13.2 Å². The lowest BCUT2D eigenvalue weighted by atomic mass is 9.99. The zero-order chi connectivity index (χ0) is 22.7. The second-order valence-electron chi connectivity index (χ2n) is 7.41. The van der Waals surface area contributed by atoms with Crippen molar-refractivity contribution in [1.29, 1.82) is 0 Å². The average molecular weight is 438 g/mol. The molecule has 0 aliphatic carbocycles. The van der Waals surface area contributed by atoms with Crippen LogP contribution in [0, 0.1) is 0 Å². The van der Waals surface area contributed by atoms with E-state index in [4.69, 9.17) is 19.7 Å². The van der Waals surface area contributed by atoms with Crippen molar-refractivity contribution < 1.29 is 24.2 Å². The molecule has 2 aromatic carbocycles. The van der Waals surface area contributed by atoms with Gasteiger partial charge in [-0.25, -0.2) is 0 Å². The van der Waals surface area contributed by atoms with E-state index in [1.54, 1.807) is 6.07 Å². The summed E-state index contributed by atoms with van der Waals surface area (Å²) < 4.78 is 16.8. The van der Waals surface area contributed by atoms with Gasteiger partial charge in [0.25, 0.3) is 5.89 Å². The standard InChI is InChI=1S/C23H26N4O5/c1-3-30-18-8-6-15(10-19(18)31-4-2)22-26-21(27-32-22)14-5-7-17-16(9-14)11-20(25-17)23(24,12-28)13-29/h5-11,25,28-29H,3-4,12-13,24H2,1-2H3. The molecule has 2 aromatic heterocycles. The van der Waals surface area contributed by atoms with E-state index in [2.05, 4.69) is 15.1 Å². The number of nitrogens with two attached hydrogens (primary N) is 1. The number of aliphatic hydroxyl groups excluding tert-OH is 2. The summed E-state index contributed by atoms with van der Waals surface area (Å²) in [6.07, 6.45) is 0. The van der Waals surface area contributed by atoms with Crippen LogP contribution >= 0.6 is 0 Å². The molecular formula is C23H26N4O5. The summed E-state index contributed by atoms with van der Waals surface area (Å²) in [6.45, 7) is 4.10. The van der Waals surface area contributed by atoms with E-state index in [0.29, 0.717) is 42.1 Å². The molecule has 0 spiro atoms. The van der Waals surface area contributed by atoms with Crippen LogP contribution in [0.15, 0.2) is 47.0 Å². The zero-order valence-corrected chi connectivity index (χ0v) is 18.0. The van der Waals surface area contributed by atoms with Crippen LogP contribution in [-0.2, 0) is 5.54 Å². The number of fused-ring (bicyclic) bond motifs is 1. The monoisotopic (exact) mass is 438 g/mol. The molecule has 168 valence electrons. The summed E-state index contributed by atoms with van der Waals surface area (Å²) >= 11 is 0. The van der Waals surface area contributed by atoms with Crippen molar-refractivity contribution in [2.75, 3.05) is 26.4 Å². The number of hydrogen-bond donors (Lipinski definition) is 4. The molecule has 0 amide bonds. The molecule has 0 radical (unpaired) electrons. The van der Waals surface area contributed by atoms with Crippen molar-refractivity contribution in [2.45, 2.75) is 19.4 Å². The molecule has 0 aliphatic heterocycles. The zero-order valence-electron chi connectivity index (χ0n) is 18.0. The summed E-state index contributed by atoms with van der Waals surface area (Å²) in [6, 6.07) is 12.9. The highest BCUT2D eigenvalue weighted by molar-refractivity contribution is 5.85. The number of rotatable bonds is 9. The molecule has 0 fully saturated rings. The molecule has 4 rings (SSSR count). The Bertz CT molecular complexity index is 1210. The Morgan fingerprint density at radius 3 is 2.41 bits per heavy atom. The maximum absolute atomic E-state index is 9.55. The van der Waals surface area contributed by atoms with Crippen LogP contribution in [-0.4, -0.2) is 51.8 Å². The number of nitrogens with zero attached hydrogens (tertiary/aromatic N) is 2. The van der Waals surface area contributed by atoms with Crippen LogP contribution in [0.3, 0.4) is 0 Å². The highest BCUT2D eigenvalue weighted by Crippen LogP contribution is 2.33. The van der Waals surface area contributed by atoms with Gasteiger partial charge in [-0.3, -0.25) is 0 Å². The fourth-order valence-electron chi connectivity index (χ4n) is 3.40. The molecule has 0 saturated carbocycles. The fraction of sp³-hybridized carbons (Fsp3) is 0.304. The predicted molar refractivity (Wildman–Crippen MR) is 119 cm³/mol. The van der Waals surface area contributed by atoms with Gasteiger partial charge < -0.3 is 34.9 Å². The van der Waals surface area contributed by atoms with E-state index in [9.17, 15) is 10.2 Å². The second-order valence-corrected chi connectivity index (χ2v) is 7.41. The molecule has 9 heteroatoms. The first-order chi connectivity index (χ1) is 15.5. The van der Waals surface area contributed by atoms with Crippen molar-refractivity contribution in [3.63, 3.8) is 0 Å². The molecule has 0 bridgehead atoms. The lowest BCUT2D eigenvalue weighted by molar-refractivity contribution is 0.118. The third-order valence-corrected chi connectivity index (χ3v) is 5.20. The van der Waals surface area contributed by atoms with Gasteiger partial charge in [-0.1, -0.05) is 5.16 Å². The summed E-state index contributed by atoms with van der Waals surface area (Å²) in [5, 5.41) is 24.1. The molecule has 32 heavy (non-hydrogen) atoms. The van der Waals surface area contributed by atoms with Crippen LogP contribution in [0.5, 0.6) is 11.5 Å². The first-order valence-electron chi connectivity index (χ1n) is 10.4. The van der Waals surface area contributed by atoms with E-state index in [0.717, 1.165) is 22.0 Å². The molecule has 0 unspecified atom stereocenters. The molecule has 0 atom stereocenters. The minimum atomic E-state index is -1.25. The number of ether oxygens (including phenoxy) is 2. The first-order valence-corrected chi connectivity index (χ1v) is 10.4. The van der Waals surface area contributed by atoms with Gasteiger partial charge in [-0.15, -0.1) is 0 Å². The Morgan fingerprint density at radius 2 is 1.69 bits per heavy atom. The van der Waals surface area contributed by atoms with Crippen molar-refractivity contribution in [3.8, 4) is 34.3 Å². The highest BCUT2D eigenvalue weighted by atomic mass is 16.5. The number of nitrogens with one attached hydrogen (secondary N) is 1. The van der Waals surface area contributed by atoms with Crippen LogP contribution in [0.25, 0.3) is 33.7 Å². The number of aromatic amines is 1. The Kier molecular flexibility index (Phi) is 6.13. The smallest absolute Gasteiger partial charge is 0.258 e. The van der Waals surface area contributed by atoms with E-state index in [1.807, 2.05) is 50.2 Å². The van der Waals surface area contributed by atoms with Crippen LogP contribution < -0.4 is 15.2 Å². The Balaban J connectivity index is 1.65. The van der Waals surface area contributed by atoms with Crippen molar-refractivity contribution in [2.24, 2.45) is 5.73 Å². The molecule has 9 nitrogen and oxygen atoms in total. The number of hydrogen-bond acceptors (Lipinski definition) is 8. The first kappa shape index (κ1) is 21.8. The van der Waals surface area contributed by atoms with Crippen molar-refractivity contribution >= 4 is 10.9 Å². The number of aromatic nitrogens is 3. The largest absolute Gasteiger partial charge is 0.490 e. The number of H-pyrrole nitrogens is 1. The normalized spacial score (nSPS) is 11.8. The Labute approximate surface area is 184 Å². The quantitative estimate of drug-likeness (QED) is 0.313. The highest BCUT2D eigenvalue weighted by Gasteiger charge is 2.27. The van der Waals surface area contributed by atoms with E-state index in [1.165, 1.54) is 0 Å². The SMILES string of the molecule is CCOc1ccc(-c2nc(-c3ccc4[nH]c(C(N)(CO)CO)cc4c3)no2)cc1OCC. The summed E-state index contributed by atoms with van der Waals surface area (Å²) in [5.41, 5.74) is 7.66. The summed E-state index contributed by atoms with van der Waals surface area (Å²) in [7, 11) is 0. The van der Waals surface area contributed by atoms with E-state index < -0.39 is 5.54 Å². The molecule has 5 N–H and O–H groups in total. The molecule has 0 saturated heterocycles. The third kappa shape index (κ3) is 4.05. The van der Waals surface area contributed by atoms with Gasteiger partial charge in [0.2, 0.25) is 5.82 Å². The second kappa shape index (κ2) is 8.99. The molecule has 4 aromatic rings. The minimum absolute atomic E-state index is 0.361. The van der Waals surface area contributed by atoms with Crippen molar-refractivity contribution in [3.05, 3.63) is 48.2 Å². The van der Waals surface area contributed by atoms with Crippen LogP contribution in [0.2, 0.25) is 0 Å². The van der Waals surface area contributed by atoms with Gasteiger partial charge in [-0.2, -0.15) is 4.98 Å². The summed E-state index contributed by atoms with van der Waals surface area (Å²) in [4.78, 5) is 7.68. The molecule has 0 aliphatic rings. The minimum Gasteiger partial charge on any atom is -0.490 e. The van der Waals surface area contributed by atoms with Gasteiger partial charge in [0.05, 0.1) is 26.4 Å². The summed E-state index contributed by atoms with van der Waals surface area (Å²) in [5.74, 6) is 2.07. The van der Waals surface area contributed by atoms with Gasteiger partial charge in [0.1, 0.15) is 5.54 Å². The van der Waals surface area contributed by atoms with Crippen LogP contribution in [0.4, 0.5) is 0 Å². The maximum atomic E-state index is 9.55. The van der Waals surface area contributed by atoms with E-state index >= 15 is 0 Å². The van der Waals surface area contributed by atoms with Crippen molar-refractivity contribution in [1.82, 2.24) is 15.1 Å². The maximum Gasteiger partial charge on any atom is 0.258 e. The van der Waals surface area contributed by atoms with Gasteiger partial charge in [0.15, 0.2) is 11.5 Å². The third-order valence-electron chi connectivity index (χ3n) is 5.20. The fourth-order valence-corrected chi connectivity index (χ4v) is 3.40. The lowest BCUT2D eigenvalue weighted by Crippen LogP contribution is -2.44. The molecule has 2 heterocycles. The molecular weight excluding hydrogens is 412 g/mol. The lowest BCUT2D eigenvalue weighted by Gasteiger charge is -2.22. The van der Waals surface area contributed by atoms with Gasteiger partial charge >= 0.3 is 0 Å². The Morgan fingerprint density at radius 1 is 0.969 bits per heavy atom. The number of benzene rings is 2. The topological polar surface area (TPSA) is 140 Å². The Hall–Kier alpha value is -3.40. The van der Waals surface area contributed by atoms with Crippen LogP contribution in [0.1, 0.15) is 19.5 Å².